The molecule has 6 nitrogen and oxygen atoms in total. The van der Waals surface area contributed by atoms with Crippen LogP contribution in [0.1, 0.15) is 5.56 Å². The second-order valence-electron chi connectivity index (χ2n) is 5.62. The second-order valence-corrected chi connectivity index (χ2v) is 7.94. The van der Waals surface area contributed by atoms with Crippen molar-refractivity contribution in [3.63, 3.8) is 0 Å². The van der Waals surface area contributed by atoms with Crippen molar-refractivity contribution in [2.75, 3.05) is 11.9 Å². The maximum Gasteiger partial charge on any atom is 0.294 e. The number of thioether (sulfide) groups is 1. The lowest BCUT2D eigenvalue weighted by Gasteiger charge is -2.12. The molecule has 1 aliphatic rings. The first kappa shape index (κ1) is 20.4. The number of hydrogen-bond donors (Lipinski definition) is 2. The Kier molecular flexibility index (Phi) is 6.07. The second kappa shape index (κ2) is 8.34. The average Bonchev–Trinajstić information content (AvgIpc) is 2.88. The van der Waals surface area contributed by atoms with E-state index in [1.54, 1.807) is 0 Å². The van der Waals surface area contributed by atoms with Crippen molar-refractivity contribution in [2.24, 2.45) is 0 Å². The Labute approximate surface area is 176 Å². The van der Waals surface area contributed by atoms with Gasteiger partial charge in [0.15, 0.2) is 0 Å². The van der Waals surface area contributed by atoms with Crippen LogP contribution in [0.25, 0.3) is 6.08 Å². The van der Waals surface area contributed by atoms with Gasteiger partial charge in [-0.15, -0.1) is 0 Å². The predicted octanol–water partition coefficient (Wildman–Crippen LogP) is 4.62. The molecule has 3 rings (SSSR count). The van der Waals surface area contributed by atoms with Crippen LogP contribution in [0.3, 0.4) is 0 Å². The molecule has 0 saturated carbocycles. The van der Waals surface area contributed by atoms with Gasteiger partial charge in [-0.25, -0.2) is 4.39 Å². The van der Waals surface area contributed by atoms with Crippen LogP contribution in [0.2, 0.25) is 5.02 Å². The van der Waals surface area contributed by atoms with E-state index in [1.165, 1.54) is 42.5 Å². The van der Waals surface area contributed by atoms with Crippen molar-refractivity contribution < 1.29 is 23.9 Å². The van der Waals surface area contributed by atoms with Crippen LogP contribution >= 0.6 is 39.3 Å². The Bertz CT molecular complexity index is 1030. The zero-order chi connectivity index (χ0) is 20.4. The van der Waals surface area contributed by atoms with Crippen LogP contribution in [-0.4, -0.2) is 33.6 Å². The smallest absolute Gasteiger partial charge is 0.294 e. The van der Waals surface area contributed by atoms with E-state index in [-0.39, 0.29) is 26.9 Å². The number of imide groups is 1. The van der Waals surface area contributed by atoms with Crippen molar-refractivity contribution >= 4 is 68.1 Å². The summed E-state index contributed by atoms with van der Waals surface area (Å²) in [6, 6.07) is 8.55. The maximum atomic E-state index is 13.6. The number of rotatable bonds is 4. The lowest BCUT2D eigenvalue weighted by atomic mass is 10.2. The summed E-state index contributed by atoms with van der Waals surface area (Å²) in [5.41, 5.74) is 0.185. The first-order valence-corrected chi connectivity index (χ1v) is 9.73. The molecule has 0 bridgehead atoms. The number of anilines is 1. The lowest BCUT2D eigenvalue weighted by Crippen LogP contribution is -2.36. The van der Waals surface area contributed by atoms with E-state index in [9.17, 15) is 23.9 Å². The third-order valence-corrected chi connectivity index (χ3v) is 5.32. The standard InChI is InChI=1S/C18H11BrClFN2O4S/c19-10-5-9(16(25)11(20)7-10)6-14-17(26)23(18(27)28-14)8-15(24)22-13-4-2-1-3-12(13)21/h1-7,25H,8H2,(H,22,24)/b14-6+. The molecule has 28 heavy (non-hydrogen) atoms. The van der Waals surface area contributed by atoms with Gasteiger partial charge in [0.2, 0.25) is 5.91 Å². The van der Waals surface area contributed by atoms with Crippen molar-refractivity contribution in [3.8, 4) is 5.75 Å². The Morgan fingerprint density at radius 3 is 2.75 bits per heavy atom. The van der Waals surface area contributed by atoms with Gasteiger partial charge in [0, 0.05) is 10.0 Å². The largest absolute Gasteiger partial charge is 0.506 e. The van der Waals surface area contributed by atoms with Crippen LogP contribution in [-0.2, 0) is 9.59 Å². The normalized spacial score (nSPS) is 15.4. The molecule has 2 N–H and O–H groups in total. The third-order valence-electron chi connectivity index (χ3n) is 3.67. The van der Waals surface area contributed by atoms with Crippen LogP contribution in [0, 0.1) is 5.82 Å². The van der Waals surface area contributed by atoms with Crippen molar-refractivity contribution in [3.05, 3.63) is 62.2 Å². The molecule has 2 aromatic rings. The van der Waals surface area contributed by atoms with Gasteiger partial charge in [0.05, 0.1) is 15.6 Å². The minimum Gasteiger partial charge on any atom is -0.506 e. The van der Waals surface area contributed by atoms with Crippen molar-refractivity contribution in [1.82, 2.24) is 4.90 Å². The average molecular weight is 486 g/mol. The van der Waals surface area contributed by atoms with E-state index in [0.29, 0.717) is 16.2 Å². The molecule has 0 aromatic heterocycles. The van der Waals surface area contributed by atoms with E-state index in [0.717, 1.165) is 4.90 Å². The summed E-state index contributed by atoms with van der Waals surface area (Å²) < 4.78 is 14.2. The molecule has 0 unspecified atom stereocenters. The number of nitrogens with one attached hydrogen (secondary N) is 1. The maximum absolute atomic E-state index is 13.6. The molecule has 0 radical (unpaired) electrons. The molecule has 10 heteroatoms. The summed E-state index contributed by atoms with van der Waals surface area (Å²) in [5.74, 6) is -2.29. The molecule has 1 saturated heterocycles. The quantitative estimate of drug-likeness (QED) is 0.617. The van der Waals surface area contributed by atoms with Crippen molar-refractivity contribution in [2.45, 2.75) is 0 Å². The van der Waals surface area contributed by atoms with E-state index < -0.39 is 29.4 Å². The number of nitrogens with zero attached hydrogens (tertiary/aromatic N) is 1. The zero-order valence-corrected chi connectivity index (χ0v) is 17.1. The Balaban J connectivity index is 1.77. The number of carbonyl (C=O) groups excluding carboxylic acids is 3. The number of hydrogen-bond acceptors (Lipinski definition) is 5. The number of aromatic hydroxyl groups is 1. The van der Waals surface area contributed by atoms with Crippen LogP contribution < -0.4 is 5.32 Å². The molecule has 1 heterocycles. The third kappa shape index (κ3) is 4.37. The zero-order valence-electron chi connectivity index (χ0n) is 13.9. The number of amides is 3. The Morgan fingerprint density at radius 1 is 1.32 bits per heavy atom. The molecule has 2 aromatic carbocycles. The molecule has 1 fully saturated rings. The molecule has 1 aliphatic heterocycles. The Hall–Kier alpha value is -2.36. The number of phenolic OH excluding ortho intramolecular Hbond substituents is 1. The molecule has 0 aliphatic carbocycles. The predicted molar refractivity (Wildman–Crippen MR) is 109 cm³/mol. The molecule has 0 spiro atoms. The first-order chi connectivity index (χ1) is 13.3. The lowest BCUT2D eigenvalue weighted by molar-refractivity contribution is -0.127. The molecular formula is C18H11BrClFN2O4S. The monoisotopic (exact) mass is 484 g/mol. The van der Waals surface area contributed by atoms with Gasteiger partial charge >= 0.3 is 0 Å². The molecular weight excluding hydrogens is 475 g/mol. The van der Waals surface area contributed by atoms with Gasteiger partial charge in [0.25, 0.3) is 11.1 Å². The van der Waals surface area contributed by atoms with E-state index in [1.807, 2.05) is 0 Å². The fraction of sp³-hybridized carbons (Fsp3) is 0.0556. The number of phenols is 1. The fourth-order valence-electron chi connectivity index (χ4n) is 2.37. The fourth-order valence-corrected chi connectivity index (χ4v) is 4.03. The topological polar surface area (TPSA) is 86.7 Å². The number of para-hydroxylation sites is 1. The summed E-state index contributed by atoms with van der Waals surface area (Å²) in [6.45, 7) is -0.568. The number of benzene rings is 2. The molecule has 0 atom stereocenters. The van der Waals surface area contributed by atoms with Crippen LogP contribution in [0.5, 0.6) is 5.75 Å². The van der Waals surface area contributed by atoms with Gasteiger partial charge < -0.3 is 10.4 Å². The van der Waals surface area contributed by atoms with Gasteiger partial charge in [-0.05, 0) is 42.1 Å². The van der Waals surface area contributed by atoms with E-state index >= 15 is 0 Å². The highest BCUT2D eigenvalue weighted by molar-refractivity contribution is 9.10. The molecule has 144 valence electrons. The van der Waals surface area contributed by atoms with Crippen LogP contribution in [0.15, 0.2) is 45.8 Å². The highest BCUT2D eigenvalue weighted by atomic mass is 79.9. The van der Waals surface area contributed by atoms with Gasteiger partial charge in [-0.1, -0.05) is 39.7 Å². The first-order valence-electron chi connectivity index (χ1n) is 7.74. The van der Waals surface area contributed by atoms with E-state index in [4.69, 9.17) is 11.6 Å². The minimum absolute atomic E-state index is 0.0214. The van der Waals surface area contributed by atoms with Crippen molar-refractivity contribution in [1.29, 1.82) is 0 Å². The summed E-state index contributed by atoms with van der Waals surface area (Å²) in [7, 11) is 0. The summed E-state index contributed by atoms with van der Waals surface area (Å²) in [5, 5.41) is 11.8. The highest BCUT2D eigenvalue weighted by Gasteiger charge is 2.36. The van der Waals surface area contributed by atoms with Gasteiger partial charge in [0.1, 0.15) is 18.1 Å². The van der Waals surface area contributed by atoms with Gasteiger partial charge in [-0.2, -0.15) is 0 Å². The minimum atomic E-state index is -0.720. The summed E-state index contributed by atoms with van der Waals surface area (Å²) >= 11 is 9.75. The molecule has 3 amide bonds. The SMILES string of the molecule is O=C(CN1C(=O)S/C(=C/c2cc(Br)cc(Cl)c2O)C1=O)Nc1ccccc1F. The number of carbonyl (C=O) groups is 3. The summed E-state index contributed by atoms with van der Waals surface area (Å²) in [6.07, 6.45) is 1.31. The van der Waals surface area contributed by atoms with Crippen LogP contribution in [0.4, 0.5) is 14.9 Å². The Morgan fingerprint density at radius 2 is 2.04 bits per heavy atom. The van der Waals surface area contributed by atoms with Gasteiger partial charge in [-0.3, -0.25) is 19.3 Å². The number of halogens is 3. The summed E-state index contributed by atoms with van der Waals surface area (Å²) in [4.78, 5) is 37.5. The highest BCUT2D eigenvalue weighted by Crippen LogP contribution is 2.37. The van der Waals surface area contributed by atoms with E-state index in [2.05, 4.69) is 21.2 Å².